The van der Waals surface area contributed by atoms with Crippen molar-refractivity contribution >= 4 is 28.7 Å². The Morgan fingerprint density at radius 1 is 1.14 bits per heavy atom. The highest BCUT2D eigenvalue weighted by Gasteiger charge is 2.25. The number of rotatable bonds is 5. The molecular weight excluding hydrogens is 466 g/mol. The van der Waals surface area contributed by atoms with Gasteiger partial charge in [-0.05, 0) is 80.5 Å². The zero-order valence-electron chi connectivity index (χ0n) is 19.4. The number of aromatic hydroxyl groups is 1. The van der Waals surface area contributed by atoms with Crippen LogP contribution in [0, 0.1) is 20.8 Å². The third-order valence-electron chi connectivity index (χ3n) is 6.33. The van der Waals surface area contributed by atoms with Crippen LogP contribution in [0.3, 0.4) is 0 Å². The number of hydrogen-bond donors (Lipinski definition) is 3. The second-order valence-electron chi connectivity index (χ2n) is 8.64. The van der Waals surface area contributed by atoms with Gasteiger partial charge in [-0.15, -0.1) is 21.6 Å². The Hall–Kier alpha value is -4.05. The number of nitrogens with zero attached hydrogens (tertiary/aromatic N) is 4. The molecule has 5 rings (SSSR count). The fourth-order valence-corrected chi connectivity index (χ4v) is 5.15. The lowest BCUT2D eigenvalue weighted by molar-refractivity contribution is 0.0702. The molecule has 0 radical (unpaired) electrons. The fourth-order valence-electron chi connectivity index (χ4n) is 4.32. The number of hydrogen-bond acceptors (Lipinski definition) is 7. The van der Waals surface area contributed by atoms with Crippen molar-refractivity contribution in [3.8, 4) is 22.0 Å². The van der Waals surface area contributed by atoms with E-state index >= 15 is 0 Å². The number of nitrogens with one attached hydrogen (secondary N) is 1. The van der Waals surface area contributed by atoms with E-state index in [2.05, 4.69) is 20.3 Å². The van der Waals surface area contributed by atoms with Gasteiger partial charge in [0.05, 0.1) is 23.1 Å². The van der Waals surface area contributed by atoms with Crippen molar-refractivity contribution in [1.82, 2.24) is 14.8 Å². The Morgan fingerprint density at radius 3 is 2.66 bits per heavy atom. The number of H-pyrrole nitrogens is 1. The predicted octanol–water partition coefficient (Wildman–Crippen LogP) is 5.52. The number of carboxylic acid groups (broad SMARTS) is 1. The molecule has 2 aromatic heterocycles. The molecule has 0 atom stereocenters. The standard InChI is InChI=1S/C25H23N5O4S/c1-12-7-8-16(9-13(12)2)30-24(32)21(14(3)29-30)28-27-18-10-15-5-4-6-17(15)20(22(18)31)23-26-11-19(35-23)25(33)34/h7-11,29,31H,4-6H2,1-3H3,(H,33,34). The van der Waals surface area contributed by atoms with E-state index in [4.69, 9.17) is 0 Å². The molecule has 178 valence electrons. The minimum absolute atomic E-state index is 0.0908. The van der Waals surface area contributed by atoms with E-state index in [1.54, 1.807) is 13.0 Å². The summed E-state index contributed by atoms with van der Waals surface area (Å²) in [6.45, 7) is 5.73. The van der Waals surface area contributed by atoms with Crippen LogP contribution in [0.5, 0.6) is 5.75 Å². The Kier molecular flexibility index (Phi) is 5.60. The largest absolute Gasteiger partial charge is 0.505 e. The van der Waals surface area contributed by atoms with E-state index in [-0.39, 0.29) is 27.6 Å². The molecule has 0 bridgehead atoms. The molecule has 2 heterocycles. The summed E-state index contributed by atoms with van der Waals surface area (Å²) in [5.74, 6) is -1.19. The summed E-state index contributed by atoms with van der Waals surface area (Å²) in [4.78, 5) is 28.7. The maximum Gasteiger partial charge on any atom is 0.347 e. The molecule has 3 N–H and O–H groups in total. The highest BCUT2D eigenvalue weighted by Crippen LogP contribution is 2.46. The molecule has 2 aromatic carbocycles. The van der Waals surface area contributed by atoms with Crippen molar-refractivity contribution in [1.29, 1.82) is 0 Å². The van der Waals surface area contributed by atoms with Gasteiger partial charge < -0.3 is 10.2 Å². The minimum Gasteiger partial charge on any atom is -0.505 e. The van der Waals surface area contributed by atoms with Crippen LogP contribution in [0.25, 0.3) is 16.3 Å². The first-order valence-corrected chi connectivity index (χ1v) is 11.9. The number of fused-ring (bicyclic) bond motifs is 1. The summed E-state index contributed by atoms with van der Waals surface area (Å²) in [6.07, 6.45) is 3.77. The van der Waals surface area contributed by atoms with Crippen molar-refractivity contribution < 1.29 is 15.0 Å². The molecule has 0 saturated heterocycles. The van der Waals surface area contributed by atoms with E-state index < -0.39 is 5.97 Å². The van der Waals surface area contributed by atoms with Gasteiger partial charge in [0.25, 0.3) is 5.56 Å². The number of thiazole rings is 1. The second kappa shape index (κ2) is 8.62. The zero-order valence-corrected chi connectivity index (χ0v) is 20.2. The highest BCUT2D eigenvalue weighted by molar-refractivity contribution is 7.16. The van der Waals surface area contributed by atoms with Crippen LogP contribution < -0.4 is 5.56 Å². The van der Waals surface area contributed by atoms with Gasteiger partial charge in [-0.25, -0.2) is 14.5 Å². The van der Waals surface area contributed by atoms with Crippen LogP contribution in [-0.2, 0) is 12.8 Å². The molecule has 4 aromatic rings. The first-order valence-electron chi connectivity index (χ1n) is 11.1. The molecule has 0 unspecified atom stereocenters. The lowest BCUT2D eigenvalue weighted by Gasteiger charge is -2.10. The Morgan fingerprint density at radius 2 is 1.94 bits per heavy atom. The van der Waals surface area contributed by atoms with Crippen LogP contribution in [0.2, 0.25) is 0 Å². The number of carboxylic acids is 1. The van der Waals surface area contributed by atoms with Crippen molar-refractivity contribution in [2.24, 2.45) is 10.2 Å². The lowest BCUT2D eigenvalue weighted by Crippen LogP contribution is -2.14. The van der Waals surface area contributed by atoms with Crippen LogP contribution in [0.1, 0.15) is 44.0 Å². The van der Waals surface area contributed by atoms with Gasteiger partial charge in [0.2, 0.25) is 0 Å². The monoisotopic (exact) mass is 489 g/mol. The summed E-state index contributed by atoms with van der Waals surface area (Å²) < 4.78 is 1.42. The van der Waals surface area contributed by atoms with E-state index in [1.165, 1.54) is 10.9 Å². The molecule has 0 amide bonds. The van der Waals surface area contributed by atoms with E-state index in [0.29, 0.717) is 22.0 Å². The molecule has 1 aliphatic carbocycles. The normalized spacial score (nSPS) is 13.0. The van der Waals surface area contributed by atoms with Crippen LogP contribution in [-0.4, -0.2) is 30.9 Å². The van der Waals surface area contributed by atoms with Gasteiger partial charge in [-0.3, -0.25) is 9.89 Å². The fraction of sp³-hybridized carbons (Fsp3) is 0.240. The lowest BCUT2D eigenvalue weighted by atomic mass is 10.0. The third-order valence-corrected chi connectivity index (χ3v) is 7.33. The number of benzene rings is 2. The van der Waals surface area contributed by atoms with Crippen LogP contribution >= 0.6 is 11.3 Å². The van der Waals surface area contributed by atoms with Crippen molar-refractivity contribution in [3.05, 3.63) is 73.6 Å². The number of aryl methyl sites for hydroxylation is 4. The van der Waals surface area contributed by atoms with Crippen molar-refractivity contribution in [2.45, 2.75) is 40.0 Å². The molecule has 0 saturated carbocycles. The summed E-state index contributed by atoms with van der Waals surface area (Å²) >= 11 is 1.00. The van der Waals surface area contributed by atoms with Gasteiger partial charge in [0.1, 0.15) is 15.6 Å². The average molecular weight is 490 g/mol. The number of phenolic OH excluding ortho intramolecular Hbond substituents is 1. The Labute approximate surface area is 204 Å². The third kappa shape index (κ3) is 3.95. The number of phenols is 1. The van der Waals surface area contributed by atoms with Crippen LogP contribution in [0.15, 0.2) is 45.5 Å². The highest BCUT2D eigenvalue weighted by atomic mass is 32.1. The maximum absolute atomic E-state index is 13.1. The van der Waals surface area contributed by atoms with Crippen molar-refractivity contribution in [3.63, 3.8) is 0 Å². The van der Waals surface area contributed by atoms with E-state index in [0.717, 1.165) is 52.9 Å². The number of aromatic amines is 1. The van der Waals surface area contributed by atoms with Crippen LogP contribution in [0.4, 0.5) is 11.4 Å². The number of aromatic carboxylic acids is 1. The molecule has 10 heteroatoms. The number of carbonyl (C=O) groups is 1. The predicted molar refractivity (Wildman–Crippen MR) is 133 cm³/mol. The average Bonchev–Trinajstić information content (AvgIpc) is 3.54. The van der Waals surface area contributed by atoms with Gasteiger partial charge in [-0.2, -0.15) is 0 Å². The minimum atomic E-state index is -1.07. The maximum atomic E-state index is 13.1. The molecular formula is C25H23N5O4S. The second-order valence-corrected chi connectivity index (χ2v) is 9.67. The Bertz CT molecular complexity index is 1580. The quantitative estimate of drug-likeness (QED) is 0.317. The van der Waals surface area contributed by atoms with E-state index in [1.807, 2.05) is 32.0 Å². The molecule has 35 heavy (non-hydrogen) atoms. The molecule has 0 aliphatic heterocycles. The van der Waals surface area contributed by atoms with E-state index in [9.17, 15) is 19.8 Å². The summed E-state index contributed by atoms with van der Waals surface area (Å²) in [5.41, 5.74) is 5.90. The van der Waals surface area contributed by atoms with Gasteiger partial charge in [0, 0.05) is 0 Å². The zero-order chi connectivity index (χ0) is 24.9. The van der Waals surface area contributed by atoms with Gasteiger partial charge in [0.15, 0.2) is 11.4 Å². The number of aromatic nitrogens is 3. The first-order chi connectivity index (χ1) is 16.7. The molecule has 1 aliphatic rings. The molecule has 0 spiro atoms. The molecule has 0 fully saturated rings. The summed E-state index contributed by atoms with van der Waals surface area (Å²) in [7, 11) is 0. The molecule has 9 nitrogen and oxygen atoms in total. The first kappa shape index (κ1) is 22.7. The van der Waals surface area contributed by atoms with Crippen molar-refractivity contribution in [2.75, 3.05) is 0 Å². The van der Waals surface area contributed by atoms with Gasteiger partial charge >= 0.3 is 5.97 Å². The summed E-state index contributed by atoms with van der Waals surface area (Å²) in [6, 6.07) is 7.51. The SMILES string of the molecule is Cc1ccc(-n2[nH]c(C)c(N=Nc3cc4c(c(-c5ncc(C(=O)O)s5)c3O)CCC4)c2=O)cc1C. The topological polar surface area (TPSA) is 133 Å². The Balaban J connectivity index is 1.57. The van der Waals surface area contributed by atoms with Gasteiger partial charge in [-0.1, -0.05) is 6.07 Å². The smallest absolute Gasteiger partial charge is 0.347 e. The number of azo groups is 1. The summed E-state index contributed by atoms with van der Waals surface area (Å²) in [5, 5.41) is 32.3.